The Balaban J connectivity index is 1.48. The van der Waals surface area contributed by atoms with Gasteiger partial charge in [0.05, 0.1) is 25.4 Å². The first-order chi connectivity index (χ1) is 16.9. The summed E-state index contributed by atoms with van der Waals surface area (Å²) in [5.41, 5.74) is 2.35. The van der Waals surface area contributed by atoms with Crippen LogP contribution in [-0.4, -0.2) is 23.7 Å². The van der Waals surface area contributed by atoms with Crippen molar-refractivity contribution in [2.75, 3.05) is 11.5 Å². The van der Waals surface area contributed by atoms with Crippen molar-refractivity contribution in [1.82, 2.24) is 0 Å². The second-order valence-corrected chi connectivity index (χ2v) is 10.1. The fraction of sp³-hybridized carbons (Fsp3) is 0.200. The van der Waals surface area contributed by atoms with Crippen molar-refractivity contribution in [2.24, 2.45) is 0 Å². The van der Waals surface area contributed by atoms with Crippen molar-refractivity contribution in [3.63, 3.8) is 0 Å². The zero-order chi connectivity index (χ0) is 23.3. The molecule has 0 bridgehead atoms. The Bertz CT molecular complexity index is 884. The monoisotopic (exact) mass is 486 g/mol. The molecule has 174 valence electrons. The third-order valence-electron chi connectivity index (χ3n) is 5.34. The average molecular weight is 487 g/mol. The average Bonchev–Trinajstić information content (AvgIpc) is 2.91. The van der Waals surface area contributed by atoms with Crippen LogP contribution in [0, 0.1) is 0 Å². The molecular weight excluding hydrogens is 456 g/mol. The summed E-state index contributed by atoms with van der Waals surface area (Å²) in [6.45, 7) is 1.14. The van der Waals surface area contributed by atoms with E-state index in [1.165, 1.54) is 20.9 Å². The van der Waals surface area contributed by atoms with Gasteiger partial charge in [-0.3, -0.25) is 0 Å². The maximum Gasteiger partial charge on any atom is 0.0943 e. The normalized spacial score (nSPS) is 12.8. The van der Waals surface area contributed by atoms with Crippen LogP contribution in [0.25, 0.3) is 0 Å². The lowest BCUT2D eigenvalue weighted by Crippen LogP contribution is -2.36. The van der Waals surface area contributed by atoms with E-state index in [1.807, 2.05) is 35.7 Å². The Morgan fingerprint density at radius 1 is 0.441 bits per heavy atom. The summed E-state index contributed by atoms with van der Waals surface area (Å²) < 4.78 is 13.1. The lowest BCUT2D eigenvalue weighted by molar-refractivity contribution is -0.0641. The van der Waals surface area contributed by atoms with Crippen molar-refractivity contribution in [3.05, 3.63) is 132 Å². The first kappa shape index (κ1) is 24.6. The zero-order valence-electron chi connectivity index (χ0n) is 19.2. The highest BCUT2D eigenvalue weighted by atomic mass is 32.2. The van der Waals surface area contributed by atoms with Gasteiger partial charge in [0, 0.05) is 21.3 Å². The van der Waals surface area contributed by atoms with Crippen molar-refractivity contribution < 1.29 is 9.47 Å². The molecule has 2 nitrogen and oxygen atoms in total. The van der Waals surface area contributed by atoms with E-state index in [1.54, 1.807) is 0 Å². The Hall–Kier alpha value is -2.50. The van der Waals surface area contributed by atoms with E-state index in [9.17, 15) is 0 Å². The Morgan fingerprint density at radius 3 is 1.12 bits per heavy atom. The first-order valence-electron chi connectivity index (χ1n) is 11.5. The SMILES string of the molecule is c1ccc(CO[C@@H](CSc2ccccc2)[C@H](CSc2ccccc2)OCc2ccccc2)cc1. The molecule has 4 heteroatoms. The maximum atomic E-state index is 6.53. The van der Waals surface area contributed by atoms with Gasteiger partial charge in [-0.15, -0.1) is 23.5 Å². The molecule has 0 N–H and O–H groups in total. The molecule has 0 aliphatic carbocycles. The summed E-state index contributed by atoms with van der Waals surface area (Å²) in [5, 5.41) is 0. The standard InChI is InChI=1S/C30H30O2S2/c1-5-13-25(14-6-1)21-31-29(23-33-27-17-9-3-10-18-27)30(24-34-28-19-11-4-12-20-28)32-22-26-15-7-2-8-16-26/h1-20,29-30H,21-24H2/t29-,30-/m0/s1. The molecule has 0 aromatic heterocycles. The molecule has 4 rings (SSSR count). The second-order valence-electron chi connectivity index (χ2n) is 7.92. The van der Waals surface area contributed by atoms with Gasteiger partial charge in [-0.2, -0.15) is 0 Å². The summed E-state index contributed by atoms with van der Waals surface area (Å²) in [4.78, 5) is 2.49. The topological polar surface area (TPSA) is 18.5 Å². The van der Waals surface area contributed by atoms with Crippen LogP contribution in [0.1, 0.15) is 11.1 Å². The van der Waals surface area contributed by atoms with Crippen LogP contribution in [0.2, 0.25) is 0 Å². The molecule has 4 aromatic carbocycles. The van der Waals surface area contributed by atoms with Crippen molar-refractivity contribution >= 4 is 23.5 Å². The van der Waals surface area contributed by atoms with Gasteiger partial charge < -0.3 is 9.47 Å². The van der Waals surface area contributed by atoms with E-state index in [0.29, 0.717) is 13.2 Å². The number of hydrogen-bond acceptors (Lipinski definition) is 4. The van der Waals surface area contributed by atoms with E-state index < -0.39 is 0 Å². The number of rotatable bonds is 13. The van der Waals surface area contributed by atoms with Gasteiger partial charge in [0.1, 0.15) is 0 Å². The fourth-order valence-electron chi connectivity index (χ4n) is 3.47. The van der Waals surface area contributed by atoms with Crippen LogP contribution in [0.3, 0.4) is 0 Å². The molecule has 2 atom stereocenters. The molecule has 0 unspecified atom stereocenters. The molecule has 0 fully saturated rings. The number of benzene rings is 4. The van der Waals surface area contributed by atoms with E-state index in [0.717, 1.165) is 11.5 Å². The van der Waals surface area contributed by atoms with Gasteiger partial charge in [0.25, 0.3) is 0 Å². The highest BCUT2D eigenvalue weighted by molar-refractivity contribution is 7.99. The minimum Gasteiger partial charge on any atom is -0.370 e. The van der Waals surface area contributed by atoms with Crippen LogP contribution >= 0.6 is 23.5 Å². The smallest absolute Gasteiger partial charge is 0.0943 e. The summed E-state index contributed by atoms with van der Waals surface area (Å²) in [6, 6.07) is 41.8. The Morgan fingerprint density at radius 2 is 0.765 bits per heavy atom. The molecule has 34 heavy (non-hydrogen) atoms. The van der Waals surface area contributed by atoms with Gasteiger partial charge >= 0.3 is 0 Å². The molecule has 0 radical (unpaired) electrons. The molecule has 0 amide bonds. The summed E-state index contributed by atoms with van der Waals surface area (Å²) in [7, 11) is 0. The van der Waals surface area contributed by atoms with Gasteiger partial charge in [0.15, 0.2) is 0 Å². The summed E-state index contributed by atoms with van der Waals surface area (Å²) in [5.74, 6) is 1.65. The van der Waals surface area contributed by atoms with Crippen LogP contribution in [0.5, 0.6) is 0 Å². The Kier molecular flexibility index (Phi) is 10.2. The quantitative estimate of drug-likeness (QED) is 0.180. The van der Waals surface area contributed by atoms with Crippen molar-refractivity contribution in [1.29, 1.82) is 0 Å². The van der Waals surface area contributed by atoms with E-state index >= 15 is 0 Å². The largest absolute Gasteiger partial charge is 0.370 e. The minimum atomic E-state index is -0.0506. The molecular formula is C30H30O2S2. The Labute approximate surface area is 211 Å². The summed E-state index contributed by atoms with van der Waals surface area (Å²) >= 11 is 3.64. The fourth-order valence-corrected chi connectivity index (χ4v) is 5.51. The van der Waals surface area contributed by atoms with E-state index in [-0.39, 0.29) is 12.2 Å². The molecule has 0 heterocycles. The summed E-state index contributed by atoms with van der Waals surface area (Å²) in [6.07, 6.45) is -0.101. The van der Waals surface area contributed by atoms with Crippen molar-refractivity contribution in [2.45, 2.75) is 35.2 Å². The van der Waals surface area contributed by atoms with Gasteiger partial charge in [-0.1, -0.05) is 97.1 Å². The van der Waals surface area contributed by atoms with Crippen molar-refractivity contribution in [3.8, 4) is 0 Å². The minimum absolute atomic E-state index is 0.0506. The molecule has 4 aromatic rings. The second kappa shape index (κ2) is 14.0. The molecule has 0 saturated heterocycles. The highest BCUT2D eigenvalue weighted by Gasteiger charge is 2.24. The van der Waals surface area contributed by atoms with E-state index in [4.69, 9.17) is 9.47 Å². The number of ether oxygens (including phenoxy) is 2. The lowest BCUT2D eigenvalue weighted by Gasteiger charge is -2.28. The molecule has 0 aliphatic heterocycles. The lowest BCUT2D eigenvalue weighted by atomic mass is 10.2. The van der Waals surface area contributed by atoms with E-state index in [2.05, 4.69) is 109 Å². The zero-order valence-corrected chi connectivity index (χ0v) is 20.8. The predicted molar refractivity (Wildman–Crippen MR) is 144 cm³/mol. The third kappa shape index (κ3) is 8.37. The molecule has 0 saturated carbocycles. The van der Waals surface area contributed by atoms with Crippen LogP contribution in [0.15, 0.2) is 131 Å². The maximum absolute atomic E-state index is 6.53. The molecule has 0 aliphatic rings. The third-order valence-corrected chi connectivity index (χ3v) is 7.54. The number of thioether (sulfide) groups is 2. The highest BCUT2D eigenvalue weighted by Crippen LogP contribution is 2.26. The van der Waals surface area contributed by atoms with Crippen LogP contribution in [0.4, 0.5) is 0 Å². The van der Waals surface area contributed by atoms with Gasteiger partial charge in [-0.25, -0.2) is 0 Å². The van der Waals surface area contributed by atoms with Crippen LogP contribution in [-0.2, 0) is 22.7 Å². The van der Waals surface area contributed by atoms with Gasteiger partial charge in [-0.05, 0) is 35.4 Å². The number of hydrogen-bond donors (Lipinski definition) is 0. The predicted octanol–water partition coefficient (Wildman–Crippen LogP) is 7.74. The molecule has 0 spiro atoms. The first-order valence-corrected chi connectivity index (χ1v) is 13.5. The van der Waals surface area contributed by atoms with Gasteiger partial charge in [0.2, 0.25) is 0 Å². The van der Waals surface area contributed by atoms with Crippen LogP contribution < -0.4 is 0 Å².